The molecule has 7 nitrogen and oxygen atoms in total. The Morgan fingerprint density at radius 3 is 2.67 bits per heavy atom. The monoisotopic (exact) mass is 415 g/mol. The molecule has 1 N–H and O–H groups in total. The summed E-state index contributed by atoms with van der Waals surface area (Å²) >= 11 is 0. The summed E-state index contributed by atoms with van der Waals surface area (Å²) in [5.41, 5.74) is 2.66. The Kier molecular flexibility index (Phi) is 7.96. The number of carbonyl (C=O) groups is 1. The van der Waals surface area contributed by atoms with Gasteiger partial charge in [-0.3, -0.25) is 14.7 Å². The van der Waals surface area contributed by atoms with Gasteiger partial charge in [-0.15, -0.1) is 0 Å². The molecular formula is C23H37N5O2. The Bertz CT molecular complexity index is 730. The van der Waals surface area contributed by atoms with Gasteiger partial charge in [-0.25, -0.2) is 0 Å². The smallest absolute Gasteiger partial charge is 0.310 e. The van der Waals surface area contributed by atoms with Crippen molar-refractivity contribution in [1.82, 2.24) is 15.1 Å². The maximum absolute atomic E-state index is 11.9. The molecule has 0 radical (unpaired) electrons. The van der Waals surface area contributed by atoms with Gasteiger partial charge in [0.1, 0.15) is 0 Å². The maximum Gasteiger partial charge on any atom is 0.310 e. The topological polar surface area (TPSA) is 60.4 Å². The molecule has 2 aliphatic heterocycles. The first kappa shape index (κ1) is 22.4. The molecule has 1 aromatic rings. The normalized spacial score (nSPS) is 23.0. The molecule has 0 aromatic heterocycles. The zero-order chi connectivity index (χ0) is 21.5. The van der Waals surface area contributed by atoms with Gasteiger partial charge in [-0.2, -0.15) is 0 Å². The molecule has 3 rings (SSSR count). The zero-order valence-electron chi connectivity index (χ0n) is 18.9. The molecule has 7 heteroatoms. The van der Waals surface area contributed by atoms with E-state index in [1.54, 1.807) is 0 Å². The summed E-state index contributed by atoms with van der Waals surface area (Å²) in [7, 11) is 3.27. The number of guanidine groups is 1. The van der Waals surface area contributed by atoms with Gasteiger partial charge in [0.25, 0.3) is 0 Å². The van der Waals surface area contributed by atoms with Crippen molar-refractivity contribution < 1.29 is 9.53 Å². The van der Waals surface area contributed by atoms with Crippen LogP contribution in [0.2, 0.25) is 0 Å². The van der Waals surface area contributed by atoms with E-state index >= 15 is 0 Å². The van der Waals surface area contributed by atoms with Crippen molar-refractivity contribution >= 4 is 17.6 Å². The standard InChI is InChI=1S/C23H37N5O2/c1-18-7-5-8-20(15-18)27-13-11-26(12-14-27)10-6-9-25-23(24-3)28-16-19(2)21(17-28)22(29)30-4/h5,7-8,15,19,21H,6,9-14,16-17H2,1-4H3,(H,24,25). The van der Waals surface area contributed by atoms with Crippen LogP contribution in [0.15, 0.2) is 29.3 Å². The van der Waals surface area contributed by atoms with Gasteiger partial charge >= 0.3 is 5.97 Å². The lowest BCUT2D eigenvalue weighted by Crippen LogP contribution is -2.47. The number of rotatable bonds is 6. The van der Waals surface area contributed by atoms with Crippen LogP contribution < -0.4 is 10.2 Å². The number of esters is 1. The summed E-state index contributed by atoms with van der Waals surface area (Å²) in [5.74, 6) is 0.974. The number of nitrogens with zero attached hydrogens (tertiary/aromatic N) is 4. The fourth-order valence-corrected chi connectivity index (χ4v) is 4.49. The number of methoxy groups -OCH3 is 1. The molecule has 0 bridgehead atoms. The van der Waals surface area contributed by atoms with Gasteiger partial charge < -0.3 is 19.9 Å². The van der Waals surface area contributed by atoms with Crippen LogP contribution in [0.1, 0.15) is 18.9 Å². The third kappa shape index (κ3) is 5.65. The Hall–Kier alpha value is -2.28. The fraction of sp³-hybridized carbons (Fsp3) is 0.652. The summed E-state index contributed by atoms with van der Waals surface area (Å²) < 4.78 is 4.94. The molecule has 166 valence electrons. The second-order valence-electron chi connectivity index (χ2n) is 8.51. The van der Waals surface area contributed by atoms with E-state index in [4.69, 9.17) is 4.74 Å². The number of aliphatic imine (C=N–C) groups is 1. The minimum atomic E-state index is -0.120. The van der Waals surface area contributed by atoms with Crippen LogP contribution in [0.5, 0.6) is 0 Å². The minimum absolute atomic E-state index is 0.0711. The van der Waals surface area contributed by atoms with Gasteiger partial charge in [0, 0.05) is 58.5 Å². The van der Waals surface area contributed by atoms with Gasteiger partial charge in [-0.05, 0) is 43.5 Å². The molecule has 0 aliphatic carbocycles. The SMILES string of the molecule is CN=C(NCCCN1CCN(c2cccc(C)c2)CC1)N1CC(C)C(C(=O)OC)C1. The van der Waals surface area contributed by atoms with Crippen LogP contribution in [-0.4, -0.2) is 88.2 Å². The second-order valence-corrected chi connectivity index (χ2v) is 8.51. The van der Waals surface area contributed by atoms with Crippen molar-refractivity contribution in [3.63, 3.8) is 0 Å². The first-order valence-electron chi connectivity index (χ1n) is 11.1. The van der Waals surface area contributed by atoms with E-state index in [0.29, 0.717) is 6.54 Å². The molecule has 2 atom stereocenters. The predicted molar refractivity (Wildman–Crippen MR) is 122 cm³/mol. The van der Waals surface area contributed by atoms with E-state index in [2.05, 4.69) is 63.1 Å². The van der Waals surface area contributed by atoms with Crippen LogP contribution in [0, 0.1) is 18.8 Å². The van der Waals surface area contributed by atoms with Gasteiger partial charge in [0.05, 0.1) is 13.0 Å². The summed E-state index contributed by atoms with van der Waals surface area (Å²) in [6, 6.07) is 8.78. The van der Waals surface area contributed by atoms with E-state index in [9.17, 15) is 4.79 Å². The number of carbonyl (C=O) groups excluding carboxylic acids is 1. The number of nitrogens with one attached hydrogen (secondary N) is 1. The van der Waals surface area contributed by atoms with Crippen molar-refractivity contribution in [2.24, 2.45) is 16.8 Å². The number of likely N-dealkylation sites (tertiary alicyclic amines) is 1. The van der Waals surface area contributed by atoms with E-state index in [1.807, 2.05) is 7.05 Å². The van der Waals surface area contributed by atoms with Crippen molar-refractivity contribution in [3.8, 4) is 0 Å². The lowest BCUT2D eigenvalue weighted by Gasteiger charge is -2.36. The number of piperazine rings is 1. The highest BCUT2D eigenvalue weighted by atomic mass is 16.5. The highest BCUT2D eigenvalue weighted by Gasteiger charge is 2.36. The summed E-state index contributed by atoms with van der Waals surface area (Å²) in [5, 5.41) is 3.48. The largest absolute Gasteiger partial charge is 0.469 e. The number of aryl methyl sites for hydroxylation is 1. The third-order valence-corrected chi connectivity index (χ3v) is 6.30. The molecular weight excluding hydrogens is 378 g/mol. The molecule has 0 saturated carbocycles. The quantitative estimate of drug-likeness (QED) is 0.331. The number of ether oxygens (including phenoxy) is 1. The van der Waals surface area contributed by atoms with Crippen molar-refractivity contribution in [2.75, 3.05) is 71.4 Å². The van der Waals surface area contributed by atoms with Crippen molar-refractivity contribution in [3.05, 3.63) is 29.8 Å². The molecule has 2 unspecified atom stereocenters. The Labute approximate surface area is 181 Å². The first-order valence-corrected chi connectivity index (χ1v) is 11.1. The van der Waals surface area contributed by atoms with Crippen molar-refractivity contribution in [1.29, 1.82) is 0 Å². The lowest BCUT2D eigenvalue weighted by molar-refractivity contribution is -0.145. The molecule has 0 amide bonds. The molecule has 2 fully saturated rings. The van der Waals surface area contributed by atoms with Gasteiger partial charge in [-0.1, -0.05) is 19.1 Å². The average molecular weight is 416 g/mol. The van der Waals surface area contributed by atoms with Crippen LogP contribution in [0.3, 0.4) is 0 Å². The van der Waals surface area contributed by atoms with Gasteiger partial charge in [0.2, 0.25) is 0 Å². The maximum atomic E-state index is 11.9. The van der Waals surface area contributed by atoms with Crippen LogP contribution in [-0.2, 0) is 9.53 Å². The molecule has 1 aromatic carbocycles. The van der Waals surface area contributed by atoms with Crippen LogP contribution in [0.25, 0.3) is 0 Å². The fourth-order valence-electron chi connectivity index (χ4n) is 4.49. The Balaban J connectivity index is 1.36. The van der Waals surface area contributed by atoms with E-state index < -0.39 is 0 Å². The van der Waals surface area contributed by atoms with E-state index in [-0.39, 0.29) is 17.8 Å². The highest BCUT2D eigenvalue weighted by molar-refractivity contribution is 5.82. The first-order chi connectivity index (χ1) is 14.5. The lowest BCUT2D eigenvalue weighted by atomic mass is 9.99. The van der Waals surface area contributed by atoms with E-state index in [1.165, 1.54) is 18.4 Å². The van der Waals surface area contributed by atoms with E-state index in [0.717, 1.165) is 58.2 Å². The molecule has 0 spiro atoms. The number of benzene rings is 1. The second kappa shape index (κ2) is 10.7. The highest BCUT2D eigenvalue weighted by Crippen LogP contribution is 2.24. The van der Waals surface area contributed by atoms with Crippen molar-refractivity contribution in [2.45, 2.75) is 20.3 Å². The molecule has 2 saturated heterocycles. The Morgan fingerprint density at radius 1 is 1.23 bits per heavy atom. The average Bonchev–Trinajstić information content (AvgIpc) is 3.15. The van der Waals surface area contributed by atoms with Crippen LogP contribution in [0.4, 0.5) is 5.69 Å². The number of anilines is 1. The summed E-state index contributed by atoms with van der Waals surface area (Å²) in [6.45, 7) is 12.1. The number of hydrogen-bond acceptors (Lipinski definition) is 5. The van der Waals surface area contributed by atoms with Crippen LogP contribution >= 0.6 is 0 Å². The minimum Gasteiger partial charge on any atom is -0.469 e. The Morgan fingerprint density at radius 2 is 2.00 bits per heavy atom. The summed E-state index contributed by atoms with van der Waals surface area (Å²) in [4.78, 5) is 23.5. The predicted octanol–water partition coefficient (Wildman–Crippen LogP) is 1.82. The summed E-state index contributed by atoms with van der Waals surface area (Å²) in [6.07, 6.45) is 1.08. The molecule has 2 heterocycles. The third-order valence-electron chi connectivity index (χ3n) is 6.30. The zero-order valence-corrected chi connectivity index (χ0v) is 18.9. The number of hydrogen-bond donors (Lipinski definition) is 1. The molecule has 2 aliphatic rings. The molecule has 30 heavy (non-hydrogen) atoms. The van der Waals surface area contributed by atoms with Gasteiger partial charge in [0.15, 0.2) is 5.96 Å².